The van der Waals surface area contributed by atoms with Crippen molar-refractivity contribution in [3.63, 3.8) is 0 Å². The van der Waals surface area contributed by atoms with Gasteiger partial charge < -0.3 is 15.2 Å². The monoisotopic (exact) mass is 502 g/mol. The van der Waals surface area contributed by atoms with Crippen molar-refractivity contribution < 1.29 is 9.59 Å². The fourth-order valence-electron chi connectivity index (χ4n) is 3.37. The molecule has 1 aliphatic rings. The van der Waals surface area contributed by atoms with Crippen LogP contribution in [0.4, 0.5) is 0 Å². The van der Waals surface area contributed by atoms with E-state index in [1.807, 2.05) is 53.4 Å². The third kappa shape index (κ3) is 4.19. The molecule has 3 aromatic rings. The third-order valence-electron chi connectivity index (χ3n) is 4.81. The first-order chi connectivity index (χ1) is 14.5. The van der Waals surface area contributed by atoms with E-state index in [0.717, 1.165) is 25.8 Å². The summed E-state index contributed by atoms with van der Waals surface area (Å²) < 4.78 is 2.82. The molecule has 1 fully saturated rings. The van der Waals surface area contributed by atoms with Gasteiger partial charge in [-0.25, -0.2) is 0 Å². The summed E-state index contributed by atoms with van der Waals surface area (Å²) in [6.07, 6.45) is 3.68. The number of amides is 2. The summed E-state index contributed by atoms with van der Waals surface area (Å²) in [6.45, 7) is 3.10. The molecule has 2 amide bonds. The Balaban J connectivity index is 1.62. The molecular weight excluding hydrogens is 484 g/mol. The number of carbonyl (C=O) groups excluding carboxylic acids is 2. The Labute approximate surface area is 191 Å². The summed E-state index contributed by atoms with van der Waals surface area (Å²) in [5.74, 6) is -0.220. The van der Waals surface area contributed by atoms with Crippen LogP contribution in [0.2, 0.25) is 0 Å². The van der Waals surface area contributed by atoms with E-state index in [4.69, 9.17) is 12.2 Å². The van der Waals surface area contributed by atoms with Gasteiger partial charge in [0.15, 0.2) is 5.11 Å². The van der Waals surface area contributed by atoms with Gasteiger partial charge in [-0.2, -0.15) is 0 Å². The van der Waals surface area contributed by atoms with Crippen LogP contribution in [-0.2, 0) is 22.7 Å². The Kier molecular flexibility index (Phi) is 6.03. The Morgan fingerprint density at radius 1 is 1.37 bits per heavy atom. The highest BCUT2D eigenvalue weighted by Gasteiger charge is 2.29. The van der Waals surface area contributed by atoms with Crippen LogP contribution in [0.1, 0.15) is 17.4 Å². The summed E-state index contributed by atoms with van der Waals surface area (Å²) in [6, 6.07) is 9.84. The van der Waals surface area contributed by atoms with Gasteiger partial charge in [-0.15, -0.1) is 11.3 Å². The maximum atomic E-state index is 12.6. The van der Waals surface area contributed by atoms with Gasteiger partial charge in [0.2, 0.25) is 5.91 Å². The van der Waals surface area contributed by atoms with E-state index < -0.39 is 0 Å². The molecule has 30 heavy (non-hydrogen) atoms. The number of benzene rings is 1. The van der Waals surface area contributed by atoms with Crippen LogP contribution in [-0.4, -0.2) is 32.9 Å². The standard InChI is InChI=1S/C21H19BrN4O2S2/c1-2-26-20(28)17(24-21(26)29)8-13-11-25(18-6-5-14(22)9-16(13)18)12-19(27)23-10-15-4-3-7-30-15/h3-9,11H,2,10,12H2,1H3,(H,23,27)(H,24,29)/b17-8-. The molecule has 9 heteroatoms. The number of carbonyl (C=O) groups is 2. The number of hydrogen-bond acceptors (Lipinski definition) is 4. The molecule has 2 N–H and O–H groups in total. The number of fused-ring (bicyclic) bond motifs is 1. The number of nitrogens with one attached hydrogen (secondary N) is 2. The summed E-state index contributed by atoms with van der Waals surface area (Å²) in [5.41, 5.74) is 2.19. The van der Waals surface area contributed by atoms with Crippen molar-refractivity contribution in [1.29, 1.82) is 0 Å². The molecule has 154 valence electrons. The van der Waals surface area contributed by atoms with Crippen LogP contribution in [0, 0.1) is 0 Å². The van der Waals surface area contributed by atoms with Crippen molar-refractivity contribution in [1.82, 2.24) is 20.1 Å². The molecule has 4 rings (SSSR count). The van der Waals surface area contributed by atoms with Crippen molar-refractivity contribution in [2.24, 2.45) is 0 Å². The van der Waals surface area contributed by atoms with Crippen LogP contribution in [0.3, 0.4) is 0 Å². The normalized spacial score (nSPS) is 15.3. The average molecular weight is 503 g/mol. The minimum Gasteiger partial charge on any atom is -0.350 e. The predicted molar refractivity (Wildman–Crippen MR) is 127 cm³/mol. The minimum atomic E-state index is -0.146. The van der Waals surface area contributed by atoms with Crippen molar-refractivity contribution in [2.45, 2.75) is 20.0 Å². The van der Waals surface area contributed by atoms with E-state index in [2.05, 4.69) is 26.6 Å². The fraction of sp³-hybridized carbons (Fsp3) is 0.190. The first-order valence-electron chi connectivity index (χ1n) is 9.38. The number of rotatable bonds is 6. The topological polar surface area (TPSA) is 66.4 Å². The van der Waals surface area contributed by atoms with Gasteiger partial charge in [0.1, 0.15) is 12.2 Å². The summed E-state index contributed by atoms with van der Waals surface area (Å²) in [5, 5.41) is 9.28. The van der Waals surface area contributed by atoms with Gasteiger partial charge in [-0.05, 0) is 54.9 Å². The van der Waals surface area contributed by atoms with Crippen molar-refractivity contribution in [3.8, 4) is 0 Å². The Hall–Kier alpha value is -2.49. The van der Waals surface area contributed by atoms with Crippen LogP contribution in [0.5, 0.6) is 0 Å². The van der Waals surface area contributed by atoms with E-state index in [1.54, 1.807) is 17.4 Å². The zero-order valence-corrected chi connectivity index (χ0v) is 19.4. The average Bonchev–Trinajstić information content (AvgIpc) is 3.41. The van der Waals surface area contributed by atoms with Gasteiger partial charge in [-0.3, -0.25) is 14.5 Å². The van der Waals surface area contributed by atoms with Gasteiger partial charge in [0.05, 0.1) is 6.54 Å². The van der Waals surface area contributed by atoms with Crippen LogP contribution < -0.4 is 10.6 Å². The van der Waals surface area contributed by atoms with Gasteiger partial charge in [0.25, 0.3) is 5.91 Å². The SMILES string of the molecule is CCN1C(=O)/C(=C/c2cn(CC(=O)NCc3cccs3)c3ccc(Br)cc23)NC1=S. The number of nitrogens with zero attached hydrogens (tertiary/aromatic N) is 2. The van der Waals surface area contributed by atoms with E-state index >= 15 is 0 Å². The predicted octanol–water partition coefficient (Wildman–Crippen LogP) is 3.86. The Morgan fingerprint density at radius 2 is 2.20 bits per heavy atom. The Morgan fingerprint density at radius 3 is 2.90 bits per heavy atom. The van der Waals surface area contributed by atoms with Gasteiger partial charge >= 0.3 is 0 Å². The van der Waals surface area contributed by atoms with Crippen LogP contribution in [0.25, 0.3) is 17.0 Å². The molecule has 0 bridgehead atoms. The molecule has 0 spiro atoms. The molecular formula is C21H19BrN4O2S2. The van der Waals surface area contributed by atoms with Gasteiger partial charge in [0, 0.05) is 38.6 Å². The number of halogens is 1. The second kappa shape index (κ2) is 8.71. The number of likely N-dealkylation sites (N-methyl/N-ethyl adjacent to an activating group) is 1. The lowest BCUT2D eigenvalue weighted by Crippen LogP contribution is -2.30. The lowest BCUT2D eigenvalue weighted by molar-refractivity contribution is -0.122. The number of aromatic nitrogens is 1. The molecule has 1 aliphatic heterocycles. The van der Waals surface area contributed by atoms with Crippen molar-refractivity contribution in [3.05, 3.63) is 62.5 Å². The molecule has 0 aliphatic carbocycles. The highest BCUT2D eigenvalue weighted by molar-refractivity contribution is 9.10. The molecule has 3 heterocycles. The second-order valence-corrected chi connectivity index (χ2v) is 9.10. The maximum Gasteiger partial charge on any atom is 0.276 e. The van der Waals surface area contributed by atoms with E-state index in [0.29, 0.717) is 23.9 Å². The first kappa shape index (κ1) is 20.8. The molecule has 1 aromatic carbocycles. The molecule has 6 nitrogen and oxygen atoms in total. The quantitative estimate of drug-likeness (QED) is 0.396. The highest BCUT2D eigenvalue weighted by atomic mass is 79.9. The number of thiophene rings is 1. The maximum absolute atomic E-state index is 12.6. The zero-order valence-electron chi connectivity index (χ0n) is 16.1. The highest BCUT2D eigenvalue weighted by Crippen LogP contribution is 2.27. The zero-order chi connectivity index (χ0) is 21.3. The largest absolute Gasteiger partial charge is 0.350 e. The molecule has 1 saturated heterocycles. The smallest absolute Gasteiger partial charge is 0.276 e. The number of thiocarbonyl (C=S) groups is 1. The third-order valence-corrected chi connectivity index (χ3v) is 6.50. The van der Waals surface area contributed by atoms with Gasteiger partial charge in [-0.1, -0.05) is 22.0 Å². The summed E-state index contributed by atoms with van der Waals surface area (Å²) in [7, 11) is 0. The van der Waals surface area contributed by atoms with Crippen molar-refractivity contribution >= 4 is 73.4 Å². The molecule has 0 unspecified atom stereocenters. The van der Waals surface area contributed by atoms with E-state index in [-0.39, 0.29) is 18.4 Å². The molecule has 0 saturated carbocycles. The first-order valence-corrected chi connectivity index (χ1v) is 11.5. The number of hydrogen-bond donors (Lipinski definition) is 2. The van der Waals surface area contributed by atoms with E-state index in [1.165, 1.54) is 4.90 Å². The van der Waals surface area contributed by atoms with Crippen LogP contribution >= 0.6 is 39.5 Å². The molecule has 2 aromatic heterocycles. The lowest BCUT2D eigenvalue weighted by atomic mass is 10.1. The fourth-order valence-corrected chi connectivity index (χ4v) is 4.69. The van der Waals surface area contributed by atoms with Crippen molar-refractivity contribution in [2.75, 3.05) is 6.54 Å². The second-order valence-electron chi connectivity index (χ2n) is 6.77. The van der Waals surface area contributed by atoms with Crippen LogP contribution in [0.15, 0.2) is 52.1 Å². The lowest BCUT2D eigenvalue weighted by Gasteiger charge is -2.08. The molecule has 0 radical (unpaired) electrons. The molecule has 0 atom stereocenters. The minimum absolute atomic E-state index is 0.0733. The summed E-state index contributed by atoms with van der Waals surface area (Å²) in [4.78, 5) is 27.7. The van der Waals surface area contributed by atoms with E-state index in [9.17, 15) is 9.59 Å². The summed E-state index contributed by atoms with van der Waals surface area (Å²) >= 11 is 10.4. The Bertz CT molecular complexity index is 1170.